The summed E-state index contributed by atoms with van der Waals surface area (Å²) in [4.78, 5) is 0. The highest BCUT2D eigenvalue weighted by Crippen LogP contribution is 2.09. The van der Waals surface area contributed by atoms with E-state index in [1.807, 2.05) is 24.3 Å². The summed E-state index contributed by atoms with van der Waals surface area (Å²) < 4.78 is 5.53. The predicted molar refractivity (Wildman–Crippen MR) is 64.1 cm³/mol. The smallest absolute Gasteiger partial charge is 0.0717 e. The fraction of sp³-hybridized carbons (Fsp3) is 0.538. The molecule has 0 fully saturated rings. The van der Waals surface area contributed by atoms with Gasteiger partial charge in [-0.05, 0) is 24.1 Å². The van der Waals surface area contributed by atoms with E-state index >= 15 is 0 Å². The largest absolute Gasteiger partial charge is 0.375 e. The SMILES string of the molecule is CCCCC(Cl)COCc1c[c]ccc1. The van der Waals surface area contributed by atoms with Crippen molar-refractivity contribution in [3.63, 3.8) is 0 Å². The minimum Gasteiger partial charge on any atom is -0.375 e. The van der Waals surface area contributed by atoms with Gasteiger partial charge in [-0.3, -0.25) is 0 Å². The van der Waals surface area contributed by atoms with Gasteiger partial charge in [0.25, 0.3) is 0 Å². The Hall–Kier alpha value is -0.530. The number of hydrogen-bond donors (Lipinski definition) is 0. The van der Waals surface area contributed by atoms with Gasteiger partial charge in [0.1, 0.15) is 0 Å². The molecule has 0 N–H and O–H groups in total. The van der Waals surface area contributed by atoms with Crippen molar-refractivity contribution in [3.05, 3.63) is 35.9 Å². The van der Waals surface area contributed by atoms with Crippen LogP contribution in [0.5, 0.6) is 0 Å². The van der Waals surface area contributed by atoms with Gasteiger partial charge in [-0.2, -0.15) is 0 Å². The van der Waals surface area contributed by atoms with Crippen molar-refractivity contribution >= 4 is 11.6 Å². The van der Waals surface area contributed by atoms with E-state index in [1.54, 1.807) is 0 Å². The molecule has 15 heavy (non-hydrogen) atoms. The zero-order valence-corrected chi connectivity index (χ0v) is 9.96. The molecule has 2 heteroatoms. The molecule has 0 aromatic heterocycles. The van der Waals surface area contributed by atoms with Gasteiger partial charge in [0.15, 0.2) is 0 Å². The summed E-state index contributed by atoms with van der Waals surface area (Å²) in [6.07, 6.45) is 3.41. The lowest BCUT2D eigenvalue weighted by molar-refractivity contribution is 0.119. The predicted octanol–water partition coefficient (Wildman–Crippen LogP) is 3.80. The zero-order chi connectivity index (χ0) is 10.9. The maximum atomic E-state index is 6.09. The van der Waals surface area contributed by atoms with E-state index in [1.165, 1.54) is 12.8 Å². The van der Waals surface area contributed by atoms with E-state index in [4.69, 9.17) is 16.3 Å². The van der Waals surface area contributed by atoms with Crippen LogP contribution >= 0.6 is 11.6 Å². The van der Waals surface area contributed by atoms with E-state index in [2.05, 4.69) is 13.0 Å². The summed E-state index contributed by atoms with van der Waals surface area (Å²) in [7, 11) is 0. The lowest BCUT2D eigenvalue weighted by Gasteiger charge is -2.09. The number of rotatable bonds is 7. The molecule has 0 saturated heterocycles. The average molecular weight is 226 g/mol. The highest BCUT2D eigenvalue weighted by molar-refractivity contribution is 6.20. The fourth-order valence-electron chi connectivity index (χ4n) is 1.33. The molecule has 1 aromatic carbocycles. The fourth-order valence-corrected chi connectivity index (χ4v) is 1.58. The van der Waals surface area contributed by atoms with E-state index in [9.17, 15) is 0 Å². The molecule has 1 aromatic rings. The van der Waals surface area contributed by atoms with Gasteiger partial charge in [0, 0.05) is 0 Å². The Balaban J connectivity index is 2.11. The molecule has 0 bridgehead atoms. The first-order valence-electron chi connectivity index (χ1n) is 5.49. The Labute approximate surface area is 97.4 Å². The maximum Gasteiger partial charge on any atom is 0.0717 e. The van der Waals surface area contributed by atoms with Crippen LogP contribution in [0.15, 0.2) is 24.3 Å². The van der Waals surface area contributed by atoms with Crippen LogP contribution in [0.4, 0.5) is 0 Å². The number of halogens is 1. The molecule has 0 saturated carbocycles. The average Bonchev–Trinajstić information content (AvgIpc) is 2.28. The van der Waals surface area contributed by atoms with E-state index in [0.717, 1.165) is 12.0 Å². The van der Waals surface area contributed by atoms with Gasteiger partial charge in [-0.25, -0.2) is 0 Å². The van der Waals surface area contributed by atoms with Crippen molar-refractivity contribution in [1.82, 2.24) is 0 Å². The van der Waals surface area contributed by atoms with Crippen LogP contribution < -0.4 is 0 Å². The van der Waals surface area contributed by atoms with Crippen LogP contribution in [-0.4, -0.2) is 12.0 Å². The summed E-state index contributed by atoms with van der Waals surface area (Å²) in [6.45, 7) is 3.44. The Morgan fingerprint density at radius 1 is 1.53 bits per heavy atom. The first-order valence-corrected chi connectivity index (χ1v) is 5.93. The molecular weight excluding hydrogens is 208 g/mol. The van der Waals surface area contributed by atoms with Crippen molar-refractivity contribution in [2.75, 3.05) is 6.61 Å². The Kier molecular flexibility index (Phi) is 6.45. The summed E-state index contributed by atoms with van der Waals surface area (Å²) in [6, 6.07) is 10.8. The van der Waals surface area contributed by atoms with Crippen molar-refractivity contribution in [2.45, 2.75) is 38.2 Å². The van der Waals surface area contributed by atoms with Crippen LogP contribution in [0.25, 0.3) is 0 Å². The lowest BCUT2D eigenvalue weighted by atomic mass is 10.2. The summed E-state index contributed by atoms with van der Waals surface area (Å²) in [5.41, 5.74) is 1.15. The third kappa shape index (κ3) is 5.81. The van der Waals surface area contributed by atoms with Crippen molar-refractivity contribution in [1.29, 1.82) is 0 Å². The van der Waals surface area contributed by atoms with Gasteiger partial charge < -0.3 is 4.74 Å². The molecule has 0 aliphatic rings. The monoisotopic (exact) mass is 225 g/mol. The van der Waals surface area contributed by atoms with Gasteiger partial charge >= 0.3 is 0 Å². The topological polar surface area (TPSA) is 9.23 Å². The first kappa shape index (κ1) is 12.5. The molecule has 0 spiro atoms. The molecule has 1 atom stereocenters. The zero-order valence-electron chi connectivity index (χ0n) is 9.21. The summed E-state index contributed by atoms with van der Waals surface area (Å²) >= 11 is 6.09. The van der Waals surface area contributed by atoms with Gasteiger partial charge in [0.2, 0.25) is 0 Å². The highest BCUT2D eigenvalue weighted by Gasteiger charge is 2.03. The maximum absolute atomic E-state index is 6.09. The standard InChI is InChI=1S/C13H18ClO/c1-2-3-9-13(14)11-15-10-12-7-5-4-6-8-12/h4-5,7-8,13H,2-3,9-11H2,1H3. The highest BCUT2D eigenvalue weighted by atomic mass is 35.5. The van der Waals surface area contributed by atoms with E-state index in [0.29, 0.717) is 13.2 Å². The molecule has 1 nitrogen and oxygen atoms in total. The molecule has 1 rings (SSSR count). The summed E-state index contributed by atoms with van der Waals surface area (Å²) in [5, 5.41) is 0.151. The van der Waals surface area contributed by atoms with Crippen molar-refractivity contribution < 1.29 is 4.74 Å². The molecule has 0 amide bonds. The third-order valence-corrected chi connectivity index (χ3v) is 2.55. The second-order valence-corrected chi connectivity index (χ2v) is 4.28. The molecule has 0 aliphatic carbocycles. The van der Waals surface area contributed by atoms with Gasteiger partial charge in [-0.1, -0.05) is 38.0 Å². The Bertz CT molecular complexity index is 248. The molecular formula is C13H18ClO. The lowest BCUT2D eigenvalue weighted by Crippen LogP contribution is -2.08. The molecule has 0 aliphatic heterocycles. The van der Waals surface area contributed by atoms with Gasteiger partial charge in [-0.15, -0.1) is 11.6 Å². The van der Waals surface area contributed by atoms with Crippen LogP contribution in [0, 0.1) is 6.07 Å². The summed E-state index contributed by atoms with van der Waals surface area (Å²) in [5.74, 6) is 0. The number of ether oxygens (including phenoxy) is 1. The number of benzene rings is 1. The Morgan fingerprint density at radius 2 is 2.40 bits per heavy atom. The minimum absolute atomic E-state index is 0.151. The van der Waals surface area contributed by atoms with Crippen LogP contribution in [0.3, 0.4) is 0 Å². The number of unbranched alkanes of at least 4 members (excludes halogenated alkanes) is 1. The second kappa shape index (κ2) is 7.72. The van der Waals surface area contributed by atoms with Crippen LogP contribution in [0.2, 0.25) is 0 Å². The Morgan fingerprint density at radius 3 is 3.07 bits per heavy atom. The molecule has 83 valence electrons. The third-order valence-electron chi connectivity index (χ3n) is 2.21. The van der Waals surface area contributed by atoms with E-state index in [-0.39, 0.29) is 5.38 Å². The molecule has 0 heterocycles. The first-order chi connectivity index (χ1) is 7.33. The quantitative estimate of drug-likeness (QED) is 0.642. The van der Waals surface area contributed by atoms with E-state index < -0.39 is 0 Å². The van der Waals surface area contributed by atoms with Crippen LogP contribution in [-0.2, 0) is 11.3 Å². The second-order valence-electron chi connectivity index (χ2n) is 3.67. The van der Waals surface area contributed by atoms with Gasteiger partial charge in [0.05, 0.1) is 18.6 Å². The minimum atomic E-state index is 0.151. The molecule has 1 unspecified atom stereocenters. The molecule has 1 radical (unpaired) electrons. The number of alkyl halides is 1. The van der Waals surface area contributed by atoms with Crippen molar-refractivity contribution in [3.8, 4) is 0 Å². The normalized spacial score (nSPS) is 12.7. The number of hydrogen-bond acceptors (Lipinski definition) is 1. The van der Waals surface area contributed by atoms with Crippen molar-refractivity contribution in [2.24, 2.45) is 0 Å². The van der Waals surface area contributed by atoms with Crippen LogP contribution in [0.1, 0.15) is 31.7 Å².